The van der Waals surface area contributed by atoms with Crippen molar-refractivity contribution < 1.29 is 13.9 Å². The second-order valence-corrected chi connectivity index (χ2v) is 7.45. The topological polar surface area (TPSA) is 41.3 Å². The fourth-order valence-electron chi connectivity index (χ4n) is 4.57. The monoisotopic (exact) mass is 347 g/mol. The van der Waals surface area contributed by atoms with E-state index in [0.29, 0.717) is 18.4 Å². The van der Waals surface area contributed by atoms with Gasteiger partial charge in [0.05, 0.1) is 12.1 Å². The molecular formula is C19H23F2N3O. The molecule has 1 aliphatic carbocycles. The maximum Gasteiger partial charge on any atom is 0.159 e. The number of halogens is 2. The smallest absolute Gasteiger partial charge is 0.159 e. The Balaban J connectivity index is 1.44. The van der Waals surface area contributed by atoms with Crippen molar-refractivity contribution in [2.75, 3.05) is 13.1 Å². The Kier molecular flexibility index (Phi) is 4.33. The molecule has 0 radical (unpaired) electrons. The van der Waals surface area contributed by atoms with Crippen molar-refractivity contribution in [3.63, 3.8) is 0 Å². The molecule has 2 aliphatic rings. The first kappa shape index (κ1) is 16.7. The fourth-order valence-corrected chi connectivity index (χ4v) is 4.57. The summed E-state index contributed by atoms with van der Waals surface area (Å²) in [5, 5.41) is 10.6. The van der Waals surface area contributed by atoms with Crippen molar-refractivity contribution in [3.8, 4) is 0 Å². The quantitative estimate of drug-likeness (QED) is 0.928. The van der Waals surface area contributed by atoms with Gasteiger partial charge in [-0.15, -0.1) is 0 Å². The van der Waals surface area contributed by atoms with E-state index in [4.69, 9.17) is 0 Å². The number of nitrogens with zero attached hydrogens (tertiary/aromatic N) is 3. The maximum absolute atomic E-state index is 13.4. The van der Waals surface area contributed by atoms with E-state index in [1.165, 1.54) is 12.1 Å². The van der Waals surface area contributed by atoms with Crippen LogP contribution in [-0.4, -0.2) is 38.8 Å². The number of benzene rings is 1. The molecule has 134 valence electrons. The summed E-state index contributed by atoms with van der Waals surface area (Å²) in [5.41, 5.74) is 0.792. The first-order valence-electron chi connectivity index (χ1n) is 8.85. The van der Waals surface area contributed by atoms with Crippen LogP contribution in [0.3, 0.4) is 0 Å². The maximum atomic E-state index is 13.4. The molecule has 4 nitrogen and oxygen atoms in total. The van der Waals surface area contributed by atoms with Gasteiger partial charge in [-0.25, -0.2) is 13.8 Å². The third kappa shape index (κ3) is 3.20. The van der Waals surface area contributed by atoms with Crippen LogP contribution in [0.25, 0.3) is 0 Å². The lowest BCUT2D eigenvalue weighted by molar-refractivity contribution is 0.0349. The molecule has 1 saturated heterocycles. The Hall–Kier alpha value is -1.79. The summed E-state index contributed by atoms with van der Waals surface area (Å²) >= 11 is 0. The highest BCUT2D eigenvalue weighted by Crippen LogP contribution is 2.42. The van der Waals surface area contributed by atoms with E-state index in [1.807, 2.05) is 13.1 Å². The Morgan fingerprint density at radius 2 is 1.92 bits per heavy atom. The minimum atomic E-state index is -0.805. The Morgan fingerprint density at radius 1 is 1.16 bits per heavy atom. The molecule has 25 heavy (non-hydrogen) atoms. The lowest BCUT2D eigenvalue weighted by Crippen LogP contribution is -2.36. The van der Waals surface area contributed by atoms with Crippen LogP contribution in [0.15, 0.2) is 30.6 Å². The molecule has 2 fully saturated rings. The number of hydrogen-bond acceptors (Lipinski definition) is 3. The van der Waals surface area contributed by atoms with Crippen molar-refractivity contribution in [1.29, 1.82) is 0 Å². The number of aryl methyl sites for hydroxylation is 1. The predicted molar refractivity (Wildman–Crippen MR) is 89.9 cm³/mol. The minimum Gasteiger partial charge on any atom is -0.391 e. The summed E-state index contributed by atoms with van der Waals surface area (Å²) in [7, 11) is 0. The molecule has 2 aromatic rings. The number of aliphatic hydroxyl groups is 1. The molecule has 4 atom stereocenters. The number of fused-ring (bicyclic) bond motifs is 1. The minimum absolute atomic E-state index is 0.0759. The van der Waals surface area contributed by atoms with Crippen LogP contribution in [0.1, 0.15) is 30.3 Å². The van der Waals surface area contributed by atoms with Crippen molar-refractivity contribution >= 4 is 0 Å². The highest BCUT2D eigenvalue weighted by atomic mass is 19.2. The van der Waals surface area contributed by atoms with Crippen LogP contribution in [0.2, 0.25) is 0 Å². The van der Waals surface area contributed by atoms with Gasteiger partial charge in [0.1, 0.15) is 5.82 Å². The third-order valence-electron chi connectivity index (χ3n) is 5.79. The summed E-state index contributed by atoms with van der Waals surface area (Å²) in [6.45, 7) is 4.41. The fraction of sp³-hybridized carbons (Fsp3) is 0.526. The predicted octanol–water partition coefficient (Wildman–Crippen LogP) is 2.91. The molecule has 1 N–H and O–H groups in total. The van der Waals surface area contributed by atoms with Crippen molar-refractivity contribution in [1.82, 2.24) is 14.5 Å². The number of hydrogen-bond donors (Lipinski definition) is 1. The normalized spacial score (nSPS) is 29.8. The average molecular weight is 347 g/mol. The lowest BCUT2D eigenvalue weighted by Gasteiger charge is -2.36. The standard InChI is InChI=1S/C19H23F2N3O/c1-12-22-4-5-24(12)18-7-14-10-23(11-15(14)8-19(18)25)9-13-2-3-16(20)17(21)6-13/h2-6,14-15,18-19,25H,7-11H2,1H3/t14-,15+,18-,19-/m0/s1. The van der Waals surface area contributed by atoms with E-state index in [9.17, 15) is 13.9 Å². The van der Waals surface area contributed by atoms with E-state index >= 15 is 0 Å². The van der Waals surface area contributed by atoms with Crippen molar-refractivity contribution in [2.24, 2.45) is 11.8 Å². The van der Waals surface area contributed by atoms with Gasteiger partial charge in [-0.3, -0.25) is 4.90 Å². The Morgan fingerprint density at radius 3 is 2.60 bits per heavy atom. The van der Waals surface area contributed by atoms with Gasteiger partial charge >= 0.3 is 0 Å². The van der Waals surface area contributed by atoms with Crippen LogP contribution in [0.4, 0.5) is 8.78 Å². The number of imidazole rings is 1. The van der Waals surface area contributed by atoms with Gasteiger partial charge in [-0.2, -0.15) is 0 Å². The molecule has 2 heterocycles. The van der Waals surface area contributed by atoms with E-state index < -0.39 is 11.6 Å². The molecule has 0 unspecified atom stereocenters. The van der Waals surface area contributed by atoms with Gasteiger partial charge in [0.15, 0.2) is 11.6 Å². The zero-order chi connectivity index (χ0) is 17.6. The van der Waals surface area contributed by atoms with E-state index in [1.54, 1.807) is 12.3 Å². The van der Waals surface area contributed by atoms with Crippen molar-refractivity contribution in [3.05, 3.63) is 53.6 Å². The van der Waals surface area contributed by atoms with Crippen LogP contribution < -0.4 is 0 Å². The lowest BCUT2D eigenvalue weighted by atomic mass is 9.77. The molecular weight excluding hydrogens is 324 g/mol. The molecule has 1 saturated carbocycles. The first-order chi connectivity index (χ1) is 12.0. The zero-order valence-corrected chi connectivity index (χ0v) is 14.3. The molecule has 0 bridgehead atoms. The van der Waals surface area contributed by atoms with Gasteiger partial charge in [0.2, 0.25) is 0 Å². The SMILES string of the molecule is Cc1nccn1[C@H]1C[C@H]2CN(Cc3ccc(F)c(F)c3)C[C@H]2C[C@@H]1O. The summed E-state index contributed by atoms with van der Waals surface area (Å²) in [6, 6.07) is 4.19. The molecule has 1 aliphatic heterocycles. The molecule has 0 spiro atoms. The third-order valence-corrected chi connectivity index (χ3v) is 5.79. The summed E-state index contributed by atoms with van der Waals surface area (Å²) in [6.07, 6.45) is 5.06. The van der Waals surface area contributed by atoms with E-state index in [-0.39, 0.29) is 12.1 Å². The second kappa shape index (κ2) is 6.50. The zero-order valence-electron chi connectivity index (χ0n) is 14.3. The van der Waals surface area contributed by atoms with Gasteiger partial charge < -0.3 is 9.67 Å². The number of likely N-dealkylation sites (tertiary alicyclic amines) is 1. The molecule has 1 aromatic carbocycles. The van der Waals surface area contributed by atoms with E-state index in [2.05, 4.69) is 14.5 Å². The summed E-state index contributed by atoms with van der Waals surface area (Å²) < 4.78 is 28.6. The van der Waals surface area contributed by atoms with Gasteiger partial charge in [-0.1, -0.05) is 6.07 Å². The number of aliphatic hydroxyl groups excluding tert-OH is 1. The Bertz CT molecular complexity index is 763. The molecule has 0 amide bonds. The number of rotatable bonds is 3. The van der Waals surface area contributed by atoms with Gasteiger partial charge in [-0.05, 0) is 49.3 Å². The van der Waals surface area contributed by atoms with Crippen molar-refractivity contribution in [2.45, 2.75) is 38.5 Å². The summed E-state index contributed by atoms with van der Waals surface area (Å²) in [5.74, 6) is 0.306. The molecule has 4 rings (SSSR count). The largest absolute Gasteiger partial charge is 0.391 e. The van der Waals surface area contributed by atoms with Crippen LogP contribution in [0.5, 0.6) is 0 Å². The molecule has 1 aromatic heterocycles. The highest BCUT2D eigenvalue weighted by molar-refractivity contribution is 5.18. The van der Waals surface area contributed by atoms with Gasteiger partial charge in [0, 0.05) is 32.0 Å². The second-order valence-electron chi connectivity index (χ2n) is 7.45. The highest BCUT2D eigenvalue weighted by Gasteiger charge is 2.42. The summed E-state index contributed by atoms with van der Waals surface area (Å²) in [4.78, 5) is 6.56. The van der Waals surface area contributed by atoms with Crippen LogP contribution >= 0.6 is 0 Å². The van der Waals surface area contributed by atoms with Crippen LogP contribution in [0, 0.1) is 30.4 Å². The van der Waals surface area contributed by atoms with Gasteiger partial charge in [0.25, 0.3) is 0 Å². The average Bonchev–Trinajstić information content (AvgIpc) is 3.15. The Labute approximate surface area is 146 Å². The number of aromatic nitrogens is 2. The first-order valence-corrected chi connectivity index (χ1v) is 8.85. The van der Waals surface area contributed by atoms with Crippen LogP contribution in [-0.2, 0) is 6.54 Å². The van der Waals surface area contributed by atoms with E-state index in [0.717, 1.165) is 37.3 Å². The molecule has 6 heteroatoms.